The number of Topliss-reactive ketones (excluding diaryl/α,β-unsaturated/α-hetero) is 1. The summed E-state index contributed by atoms with van der Waals surface area (Å²) in [5.41, 5.74) is 7.13. The first kappa shape index (κ1) is 13.9. The molecule has 17 heavy (non-hydrogen) atoms. The Morgan fingerprint density at radius 3 is 2.59 bits per heavy atom. The monoisotopic (exact) mass is 233 g/mol. The van der Waals surface area contributed by atoms with Gasteiger partial charge in [0.1, 0.15) is 5.78 Å². The summed E-state index contributed by atoms with van der Waals surface area (Å²) in [5.74, 6) is 0.217. The number of benzene rings is 1. The minimum atomic E-state index is -0.245. The lowest BCUT2D eigenvalue weighted by Crippen LogP contribution is -2.30. The summed E-state index contributed by atoms with van der Waals surface area (Å²) in [7, 11) is 0. The molecule has 1 atom stereocenters. The van der Waals surface area contributed by atoms with Gasteiger partial charge in [0.15, 0.2) is 0 Å². The fraction of sp³-hybridized carbons (Fsp3) is 0.533. The SMILES string of the molecule is CCCCC(N)C(=O)CCCc1ccccc1. The van der Waals surface area contributed by atoms with Gasteiger partial charge in [-0.15, -0.1) is 0 Å². The van der Waals surface area contributed by atoms with Crippen LogP contribution in [0.15, 0.2) is 30.3 Å². The second kappa shape index (κ2) is 8.02. The standard InChI is InChI=1S/C15H23NO/c1-2-3-11-14(16)15(17)12-7-10-13-8-5-4-6-9-13/h4-6,8-9,14H,2-3,7,10-12,16H2,1H3. The largest absolute Gasteiger partial charge is 0.322 e. The Kier molecular flexibility index (Phi) is 6.56. The first-order valence-electron chi connectivity index (χ1n) is 6.56. The molecule has 1 aromatic carbocycles. The Labute approximate surface area is 104 Å². The molecule has 2 heteroatoms. The third-order valence-corrected chi connectivity index (χ3v) is 3.01. The molecule has 0 bridgehead atoms. The molecule has 1 aromatic rings. The number of ketones is 1. The highest BCUT2D eigenvalue weighted by atomic mass is 16.1. The molecule has 0 fully saturated rings. The van der Waals surface area contributed by atoms with E-state index in [1.807, 2.05) is 18.2 Å². The van der Waals surface area contributed by atoms with E-state index in [2.05, 4.69) is 19.1 Å². The molecule has 1 unspecified atom stereocenters. The topological polar surface area (TPSA) is 43.1 Å². The molecule has 0 heterocycles. The number of aryl methyl sites for hydroxylation is 1. The van der Waals surface area contributed by atoms with Gasteiger partial charge in [-0.05, 0) is 24.8 Å². The maximum absolute atomic E-state index is 11.7. The van der Waals surface area contributed by atoms with Crippen molar-refractivity contribution >= 4 is 5.78 Å². The highest BCUT2D eigenvalue weighted by molar-refractivity contribution is 5.83. The Morgan fingerprint density at radius 1 is 1.24 bits per heavy atom. The van der Waals surface area contributed by atoms with Crippen LogP contribution in [0.3, 0.4) is 0 Å². The molecule has 94 valence electrons. The van der Waals surface area contributed by atoms with Crippen LogP contribution >= 0.6 is 0 Å². The number of carbonyl (C=O) groups is 1. The summed E-state index contributed by atoms with van der Waals surface area (Å²) in [4.78, 5) is 11.7. The summed E-state index contributed by atoms with van der Waals surface area (Å²) in [6, 6.07) is 10.0. The number of hydrogen-bond acceptors (Lipinski definition) is 2. The molecule has 1 rings (SSSR count). The van der Waals surface area contributed by atoms with Crippen molar-refractivity contribution in [1.82, 2.24) is 0 Å². The van der Waals surface area contributed by atoms with Crippen molar-refractivity contribution in [1.29, 1.82) is 0 Å². The third-order valence-electron chi connectivity index (χ3n) is 3.01. The van der Waals surface area contributed by atoms with Gasteiger partial charge < -0.3 is 5.73 Å². The van der Waals surface area contributed by atoms with Crippen LogP contribution in [0.4, 0.5) is 0 Å². The van der Waals surface area contributed by atoms with Crippen LogP contribution in [0.2, 0.25) is 0 Å². The van der Waals surface area contributed by atoms with Crippen LogP contribution in [0.5, 0.6) is 0 Å². The van der Waals surface area contributed by atoms with Gasteiger partial charge in [-0.2, -0.15) is 0 Å². The summed E-state index contributed by atoms with van der Waals surface area (Å²) < 4.78 is 0. The maximum atomic E-state index is 11.7. The summed E-state index contributed by atoms with van der Waals surface area (Å²) >= 11 is 0. The van der Waals surface area contributed by atoms with Gasteiger partial charge >= 0.3 is 0 Å². The average molecular weight is 233 g/mol. The van der Waals surface area contributed by atoms with Crippen molar-refractivity contribution in [2.45, 2.75) is 51.5 Å². The predicted molar refractivity (Wildman–Crippen MR) is 71.9 cm³/mol. The molecule has 0 saturated carbocycles. The van der Waals surface area contributed by atoms with E-state index in [1.165, 1.54) is 5.56 Å². The van der Waals surface area contributed by atoms with Crippen LogP contribution in [0.1, 0.15) is 44.6 Å². The Hall–Kier alpha value is -1.15. The molecule has 0 saturated heterocycles. The van der Waals surface area contributed by atoms with Crippen LogP contribution in [0.25, 0.3) is 0 Å². The molecule has 0 spiro atoms. The minimum Gasteiger partial charge on any atom is -0.322 e. The van der Waals surface area contributed by atoms with Gasteiger partial charge in [0.25, 0.3) is 0 Å². The first-order valence-corrected chi connectivity index (χ1v) is 6.56. The lowest BCUT2D eigenvalue weighted by Gasteiger charge is -2.09. The van der Waals surface area contributed by atoms with Crippen molar-refractivity contribution in [3.05, 3.63) is 35.9 Å². The number of carbonyl (C=O) groups excluding carboxylic acids is 1. The summed E-state index contributed by atoms with van der Waals surface area (Å²) in [5, 5.41) is 0. The number of nitrogens with two attached hydrogens (primary N) is 1. The van der Waals surface area contributed by atoms with Gasteiger partial charge in [0.2, 0.25) is 0 Å². The third kappa shape index (κ3) is 5.64. The van der Waals surface area contributed by atoms with Crippen molar-refractivity contribution < 1.29 is 4.79 Å². The van der Waals surface area contributed by atoms with E-state index in [9.17, 15) is 4.79 Å². The first-order chi connectivity index (χ1) is 8.24. The smallest absolute Gasteiger partial charge is 0.149 e. The van der Waals surface area contributed by atoms with E-state index < -0.39 is 0 Å². The van der Waals surface area contributed by atoms with E-state index in [1.54, 1.807) is 0 Å². The van der Waals surface area contributed by atoms with E-state index in [0.717, 1.165) is 32.1 Å². The van der Waals surface area contributed by atoms with Crippen molar-refractivity contribution in [3.63, 3.8) is 0 Å². The molecular formula is C15H23NO. The average Bonchev–Trinajstić information content (AvgIpc) is 2.37. The summed E-state index contributed by atoms with van der Waals surface area (Å²) in [6.45, 7) is 2.12. The van der Waals surface area contributed by atoms with Gasteiger partial charge in [-0.1, -0.05) is 50.1 Å². The lowest BCUT2D eigenvalue weighted by atomic mass is 10.0. The van der Waals surface area contributed by atoms with Gasteiger partial charge in [-0.3, -0.25) is 4.79 Å². The Morgan fingerprint density at radius 2 is 1.94 bits per heavy atom. The van der Waals surface area contributed by atoms with Crippen molar-refractivity contribution in [2.24, 2.45) is 5.73 Å². The molecule has 0 aromatic heterocycles. The van der Waals surface area contributed by atoms with Crippen molar-refractivity contribution in [3.8, 4) is 0 Å². The zero-order chi connectivity index (χ0) is 12.5. The number of unbranched alkanes of at least 4 members (excludes halogenated alkanes) is 1. The van der Waals surface area contributed by atoms with E-state index in [0.29, 0.717) is 6.42 Å². The highest BCUT2D eigenvalue weighted by Crippen LogP contribution is 2.07. The van der Waals surface area contributed by atoms with Crippen molar-refractivity contribution in [2.75, 3.05) is 0 Å². The fourth-order valence-corrected chi connectivity index (χ4v) is 1.88. The van der Waals surface area contributed by atoms with E-state index >= 15 is 0 Å². The van der Waals surface area contributed by atoms with Gasteiger partial charge in [0.05, 0.1) is 6.04 Å². The minimum absolute atomic E-state index is 0.217. The normalized spacial score (nSPS) is 12.4. The molecule has 0 aliphatic heterocycles. The zero-order valence-electron chi connectivity index (χ0n) is 10.7. The van der Waals surface area contributed by atoms with Crippen LogP contribution < -0.4 is 5.73 Å². The Balaban J connectivity index is 2.20. The second-order valence-electron chi connectivity index (χ2n) is 4.55. The molecule has 2 nitrogen and oxygen atoms in total. The quantitative estimate of drug-likeness (QED) is 0.749. The number of rotatable bonds is 8. The fourth-order valence-electron chi connectivity index (χ4n) is 1.88. The van der Waals surface area contributed by atoms with Gasteiger partial charge in [0, 0.05) is 6.42 Å². The molecule has 0 aliphatic carbocycles. The summed E-state index contributed by atoms with van der Waals surface area (Å²) in [6.07, 6.45) is 5.47. The van der Waals surface area contributed by atoms with E-state index in [4.69, 9.17) is 5.73 Å². The number of hydrogen-bond donors (Lipinski definition) is 1. The molecule has 2 N–H and O–H groups in total. The van der Waals surface area contributed by atoms with Crippen LogP contribution in [-0.2, 0) is 11.2 Å². The molecule has 0 aliphatic rings. The zero-order valence-corrected chi connectivity index (χ0v) is 10.7. The van der Waals surface area contributed by atoms with E-state index in [-0.39, 0.29) is 11.8 Å². The van der Waals surface area contributed by atoms with Crippen LogP contribution in [-0.4, -0.2) is 11.8 Å². The predicted octanol–water partition coefficient (Wildman–Crippen LogP) is 3.10. The second-order valence-corrected chi connectivity index (χ2v) is 4.55. The Bertz CT molecular complexity index is 321. The maximum Gasteiger partial charge on any atom is 0.149 e. The lowest BCUT2D eigenvalue weighted by molar-refractivity contribution is -0.120. The molecule has 0 amide bonds. The molecular weight excluding hydrogens is 210 g/mol. The highest BCUT2D eigenvalue weighted by Gasteiger charge is 2.11. The van der Waals surface area contributed by atoms with Crippen LogP contribution in [0, 0.1) is 0 Å². The molecule has 0 radical (unpaired) electrons. The van der Waals surface area contributed by atoms with Gasteiger partial charge in [-0.25, -0.2) is 0 Å².